The summed E-state index contributed by atoms with van der Waals surface area (Å²) >= 11 is 12.9. The first-order valence-corrected chi connectivity index (χ1v) is 8.05. The fourth-order valence-electron chi connectivity index (χ4n) is 1.47. The molecule has 2 nitrogen and oxygen atoms in total. The van der Waals surface area contributed by atoms with Crippen molar-refractivity contribution in [1.82, 2.24) is 10.6 Å². The number of benzene rings is 1. The number of thiocarbonyl (C=S) groups is 1. The van der Waals surface area contributed by atoms with Crippen LogP contribution in [0.25, 0.3) is 0 Å². The molecule has 0 radical (unpaired) electrons. The predicted molar refractivity (Wildman–Crippen MR) is 84.4 cm³/mol. The predicted octanol–water partition coefficient (Wildman–Crippen LogP) is 3.20. The Hall–Kier alpha value is -0.450. The fraction of sp³-hybridized carbons (Fsp3) is 0.462. The van der Waals surface area contributed by atoms with Gasteiger partial charge in [0.25, 0.3) is 0 Å². The Morgan fingerprint density at radius 3 is 2.72 bits per heavy atom. The summed E-state index contributed by atoms with van der Waals surface area (Å²) in [5.74, 6) is 2.07. The van der Waals surface area contributed by atoms with E-state index >= 15 is 0 Å². The monoisotopic (exact) mass is 300 g/mol. The Balaban J connectivity index is 1.52. The van der Waals surface area contributed by atoms with Gasteiger partial charge in [-0.3, -0.25) is 0 Å². The van der Waals surface area contributed by atoms with Gasteiger partial charge in [0, 0.05) is 29.1 Å². The second-order valence-corrected chi connectivity index (χ2v) is 6.30. The lowest BCUT2D eigenvalue weighted by atomic mass is 10.2. The molecule has 0 unspecified atom stereocenters. The Bertz CT molecular complexity index is 390. The van der Waals surface area contributed by atoms with Crippen LogP contribution in [0.2, 0.25) is 5.02 Å². The smallest absolute Gasteiger partial charge is 0.166 e. The summed E-state index contributed by atoms with van der Waals surface area (Å²) in [6.45, 7) is 0.914. The molecule has 98 valence electrons. The van der Waals surface area contributed by atoms with E-state index in [-0.39, 0.29) is 0 Å². The summed E-state index contributed by atoms with van der Waals surface area (Å²) in [6, 6.07) is 8.64. The second-order valence-electron chi connectivity index (χ2n) is 4.35. The molecule has 0 amide bonds. The van der Waals surface area contributed by atoms with Crippen molar-refractivity contribution in [2.45, 2.75) is 24.6 Å². The summed E-state index contributed by atoms with van der Waals surface area (Å²) in [5.41, 5.74) is 1.31. The maximum Gasteiger partial charge on any atom is 0.166 e. The molecule has 0 spiro atoms. The van der Waals surface area contributed by atoms with Crippen molar-refractivity contribution in [3.05, 3.63) is 34.9 Å². The molecule has 0 aromatic heterocycles. The highest BCUT2D eigenvalue weighted by molar-refractivity contribution is 7.98. The highest BCUT2D eigenvalue weighted by Gasteiger charge is 2.21. The van der Waals surface area contributed by atoms with Crippen molar-refractivity contribution in [2.75, 3.05) is 12.3 Å². The lowest BCUT2D eigenvalue weighted by molar-refractivity contribution is 0.853. The minimum atomic E-state index is 0.631. The maximum absolute atomic E-state index is 5.84. The third-order valence-electron chi connectivity index (χ3n) is 2.63. The van der Waals surface area contributed by atoms with Crippen molar-refractivity contribution in [3.8, 4) is 0 Å². The number of nitrogens with one attached hydrogen (secondary N) is 2. The van der Waals surface area contributed by atoms with Gasteiger partial charge < -0.3 is 10.6 Å². The van der Waals surface area contributed by atoms with E-state index in [9.17, 15) is 0 Å². The molecule has 1 aromatic carbocycles. The Labute approximate surface area is 123 Å². The molecule has 18 heavy (non-hydrogen) atoms. The Morgan fingerprint density at radius 1 is 1.33 bits per heavy atom. The van der Waals surface area contributed by atoms with Crippen LogP contribution in [-0.2, 0) is 5.75 Å². The van der Waals surface area contributed by atoms with Crippen LogP contribution in [0.5, 0.6) is 0 Å². The van der Waals surface area contributed by atoms with E-state index < -0.39 is 0 Å². The second kappa shape index (κ2) is 7.22. The van der Waals surface area contributed by atoms with Gasteiger partial charge in [-0.2, -0.15) is 11.8 Å². The first-order valence-electron chi connectivity index (χ1n) is 6.10. The molecule has 0 saturated heterocycles. The van der Waals surface area contributed by atoms with Crippen LogP contribution >= 0.6 is 35.6 Å². The van der Waals surface area contributed by atoms with Gasteiger partial charge in [0.15, 0.2) is 5.11 Å². The summed E-state index contributed by atoms with van der Waals surface area (Å²) in [7, 11) is 0. The summed E-state index contributed by atoms with van der Waals surface area (Å²) in [5, 5.41) is 8.08. The lowest BCUT2D eigenvalue weighted by Crippen LogP contribution is -2.37. The quantitative estimate of drug-likeness (QED) is 0.622. The molecule has 1 aliphatic carbocycles. The number of halogens is 1. The fourth-order valence-corrected chi connectivity index (χ4v) is 2.69. The summed E-state index contributed by atoms with van der Waals surface area (Å²) in [4.78, 5) is 0. The molecule has 0 atom stereocenters. The van der Waals surface area contributed by atoms with Gasteiger partial charge in [-0.1, -0.05) is 23.7 Å². The molecular formula is C13H17ClN2S2. The van der Waals surface area contributed by atoms with Gasteiger partial charge in [-0.25, -0.2) is 0 Å². The zero-order chi connectivity index (χ0) is 12.8. The Morgan fingerprint density at radius 2 is 2.06 bits per heavy atom. The number of hydrogen-bond acceptors (Lipinski definition) is 2. The molecule has 0 bridgehead atoms. The van der Waals surface area contributed by atoms with Gasteiger partial charge in [0.05, 0.1) is 0 Å². The SMILES string of the molecule is S=C(NCCSCc1ccc(Cl)cc1)NC1CC1. The van der Waals surface area contributed by atoms with Gasteiger partial charge in [-0.05, 0) is 42.8 Å². The number of thioether (sulfide) groups is 1. The van der Waals surface area contributed by atoms with Crippen LogP contribution in [0.15, 0.2) is 24.3 Å². The number of hydrogen-bond donors (Lipinski definition) is 2. The van der Waals surface area contributed by atoms with Gasteiger partial charge in [0.1, 0.15) is 0 Å². The lowest BCUT2D eigenvalue weighted by Gasteiger charge is -2.09. The molecule has 0 aliphatic heterocycles. The van der Waals surface area contributed by atoms with Gasteiger partial charge in [0.2, 0.25) is 0 Å². The Kier molecular flexibility index (Phi) is 5.60. The van der Waals surface area contributed by atoms with E-state index in [1.807, 2.05) is 23.9 Å². The normalized spacial score (nSPS) is 14.3. The molecule has 1 saturated carbocycles. The number of rotatable bonds is 6. The molecule has 1 aromatic rings. The van der Waals surface area contributed by atoms with E-state index in [4.69, 9.17) is 23.8 Å². The molecular weight excluding hydrogens is 284 g/mol. The summed E-state index contributed by atoms with van der Waals surface area (Å²) in [6.07, 6.45) is 2.51. The zero-order valence-corrected chi connectivity index (χ0v) is 12.5. The van der Waals surface area contributed by atoms with E-state index in [1.54, 1.807) is 0 Å². The van der Waals surface area contributed by atoms with E-state index in [2.05, 4.69) is 22.8 Å². The largest absolute Gasteiger partial charge is 0.362 e. The van der Waals surface area contributed by atoms with Crippen LogP contribution in [0.4, 0.5) is 0 Å². The van der Waals surface area contributed by atoms with Crippen LogP contribution < -0.4 is 10.6 Å². The van der Waals surface area contributed by atoms with Gasteiger partial charge in [-0.15, -0.1) is 0 Å². The molecule has 2 rings (SSSR count). The summed E-state index contributed by atoms with van der Waals surface area (Å²) < 4.78 is 0. The molecule has 1 aliphatic rings. The first kappa shape index (κ1) is 14.0. The van der Waals surface area contributed by atoms with E-state index in [0.717, 1.165) is 28.2 Å². The third-order valence-corrected chi connectivity index (χ3v) is 4.17. The van der Waals surface area contributed by atoms with E-state index in [0.29, 0.717) is 6.04 Å². The zero-order valence-electron chi connectivity index (χ0n) is 10.1. The van der Waals surface area contributed by atoms with Crippen molar-refractivity contribution in [3.63, 3.8) is 0 Å². The van der Waals surface area contributed by atoms with Crippen LogP contribution in [0.3, 0.4) is 0 Å². The van der Waals surface area contributed by atoms with Crippen LogP contribution in [-0.4, -0.2) is 23.5 Å². The van der Waals surface area contributed by atoms with Crippen molar-refractivity contribution in [1.29, 1.82) is 0 Å². The molecule has 1 fully saturated rings. The van der Waals surface area contributed by atoms with Crippen molar-refractivity contribution in [2.24, 2.45) is 0 Å². The average molecular weight is 301 g/mol. The highest BCUT2D eigenvalue weighted by Crippen LogP contribution is 2.18. The topological polar surface area (TPSA) is 24.1 Å². The van der Waals surface area contributed by atoms with Crippen LogP contribution in [0, 0.1) is 0 Å². The third kappa shape index (κ3) is 5.46. The van der Waals surface area contributed by atoms with E-state index in [1.165, 1.54) is 18.4 Å². The maximum atomic E-state index is 5.84. The molecule has 2 N–H and O–H groups in total. The minimum absolute atomic E-state index is 0.631. The molecule has 0 heterocycles. The standard InChI is InChI=1S/C13H17ClN2S2/c14-11-3-1-10(2-4-11)9-18-8-7-15-13(17)16-12-5-6-12/h1-4,12H,5-9H2,(H2,15,16,17). The van der Waals surface area contributed by atoms with Gasteiger partial charge >= 0.3 is 0 Å². The average Bonchev–Trinajstić information content (AvgIpc) is 3.15. The van der Waals surface area contributed by atoms with Crippen molar-refractivity contribution < 1.29 is 0 Å². The van der Waals surface area contributed by atoms with Crippen molar-refractivity contribution >= 4 is 40.7 Å². The van der Waals surface area contributed by atoms with Crippen LogP contribution in [0.1, 0.15) is 18.4 Å². The minimum Gasteiger partial charge on any atom is -0.362 e. The first-order chi connectivity index (χ1) is 8.74. The highest BCUT2D eigenvalue weighted by atomic mass is 35.5. The molecule has 5 heteroatoms.